The average molecular weight is 105 g/mol. The minimum Gasteiger partial charge on any atom is -0.383 e. The zero-order valence-corrected chi connectivity index (χ0v) is 4.36. The van der Waals surface area contributed by atoms with Gasteiger partial charge in [-0.3, -0.25) is 4.79 Å². The summed E-state index contributed by atoms with van der Waals surface area (Å²) < 4.78 is 20.2. The molecule has 42 valence electrons. The molecule has 0 bridgehead atoms. The van der Waals surface area contributed by atoms with Crippen molar-refractivity contribution in [1.29, 1.82) is 0 Å². The second-order valence-electron chi connectivity index (χ2n) is 1.63. The number of rotatable bonds is 1. The maximum Gasteiger partial charge on any atom is 0.160 e. The standard InChI is InChI=1S/C5H10O2/c1-4(6)5(2,3)7/h7H,1-3H3/i2D3. The highest BCUT2D eigenvalue weighted by atomic mass is 16.3. The van der Waals surface area contributed by atoms with E-state index >= 15 is 0 Å². The highest BCUT2D eigenvalue weighted by Crippen LogP contribution is 1.99. The molecule has 0 aromatic carbocycles. The fourth-order valence-electron chi connectivity index (χ4n) is 0. The molecule has 0 saturated carbocycles. The van der Waals surface area contributed by atoms with Gasteiger partial charge >= 0.3 is 0 Å². The van der Waals surface area contributed by atoms with Gasteiger partial charge < -0.3 is 5.11 Å². The van der Waals surface area contributed by atoms with Crippen LogP contribution in [0.3, 0.4) is 0 Å². The van der Waals surface area contributed by atoms with Gasteiger partial charge in [-0.15, -0.1) is 0 Å². The second kappa shape index (κ2) is 1.62. The first-order valence-electron chi connectivity index (χ1n) is 3.43. The molecule has 0 heterocycles. The minimum atomic E-state index is -2.63. The van der Waals surface area contributed by atoms with Crippen LogP contribution < -0.4 is 0 Å². The smallest absolute Gasteiger partial charge is 0.160 e. The summed E-state index contributed by atoms with van der Waals surface area (Å²) in [5.41, 5.74) is -2.20. The summed E-state index contributed by atoms with van der Waals surface area (Å²) in [6, 6.07) is 0. The van der Waals surface area contributed by atoms with Crippen LogP contribution in [-0.4, -0.2) is 16.5 Å². The van der Waals surface area contributed by atoms with E-state index in [1.807, 2.05) is 0 Å². The van der Waals surface area contributed by atoms with Crippen LogP contribution in [0.1, 0.15) is 24.8 Å². The quantitative estimate of drug-likeness (QED) is 0.522. The van der Waals surface area contributed by atoms with Gasteiger partial charge in [-0.25, -0.2) is 0 Å². The van der Waals surface area contributed by atoms with Crippen LogP contribution in [0.25, 0.3) is 0 Å². The van der Waals surface area contributed by atoms with Crippen LogP contribution in [0.15, 0.2) is 0 Å². The SMILES string of the molecule is [2H]C([2H])([2H])C(C)(O)C(C)=O. The third-order valence-electron chi connectivity index (χ3n) is 0.686. The minimum absolute atomic E-state index is 0.743. The van der Waals surface area contributed by atoms with E-state index in [9.17, 15) is 4.79 Å². The number of carbonyl (C=O) groups is 1. The number of hydrogen-bond donors (Lipinski definition) is 1. The largest absolute Gasteiger partial charge is 0.383 e. The Bertz CT molecular complexity index is 147. The van der Waals surface area contributed by atoms with E-state index in [0.29, 0.717) is 0 Å². The zero-order valence-electron chi connectivity index (χ0n) is 7.36. The normalized spacial score (nSPS) is 26.4. The molecule has 0 rings (SSSR count). The molecule has 0 aromatic rings. The predicted molar refractivity (Wildman–Crippen MR) is 27.0 cm³/mol. The van der Waals surface area contributed by atoms with Crippen molar-refractivity contribution in [2.45, 2.75) is 26.3 Å². The summed E-state index contributed by atoms with van der Waals surface area (Å²) in [7, 11) is 0. The number of aliphatic hydroxyl groups is 1. The molecule has 2 nitrogen and oxygen atoms in total. The summed E-state index contributed by atoms with van der Waals surface area (Å²) in [5.74, 6) is -0.743. The highest BCUT2D eigenvalue weighted by Gasteiger charge is 2.17. The lowest BCUT2D eigenvalue weighted by Crippen LogP contribution is -2.27. The Balaban J connectivity index is 4.57. The van der Waals surface area contributed by atoms with Crippen molar-refractivity contribution in [2.24, 2.45) is 0 Å². The maximum absolute atomic E-state index is 10.5. The van der Waals surface area contributed by atoms with Gasteiger partial charge in [0.25, 0.3) is 0 Å². The van der Waals surface area contributed by atoms with Gasteiger partial charge in [-0.1, -0.05) is 0 Å². The van der Waals surface area contributed by atoms with Gasteiger partial charge in [0.1, 0.15) is 5.60 Å². The fraction of sp³-hybridized carbons (Fsp3) is 0.800. The van der Waals surface area contributed by atoms with Crippen molar-refractivity contribution in [3.05, 3.63) is 0 Å². The molecular formula is C5H10O2. The van der Waals surface area contributed by atoms with Crippen LogP contribution in [0.2, 0.25) is 0 Å². The van der Waals surface area contributed by atoms with Crippen LogP contribution in [0.5, 0.6) is 0 Å². The summed E-state index contributed by atoms with van der Waals surface area (Å²) in [6.07, 6.45) is 0. The predicted octanol–water partition coefficient (Wildman–Crippen LogP) is 0.346. The van der Waals surface area contributed by atoms with Crippen LogP contribution >= 0.6 is 0 Å². The lowest BCUT2D eigenvalue weighted by Gasteiger charge is -2.10. The first kappa shape index (κ1) is 2.82. The monoisotopic (exact) mass is 105 g/mol. The van der Waals surface area contributed by atoms with E-state index in [2.05, 4.69) is 0 Å². The summed E-state index contributed by atoms with van der Waals surface area (Å²) in [4.78, 5) is 10.5. The van der Waals surface area contributed by atoms with E-state index in [0.717, 1.165) is 13.8 Å². The third-order valence-corrected chi connectivity index (χ3v) is 0.686. The molecule has 0 saturated heterocycles. The fourth-order valence-corrected chi connectivity index (χ4v) is 0. The molecule has 0 amide bonds. The summed E-state index contributed by atoms with van der Waals surface area (Å²) in [5, 5.41) is 9.02. The average Bonchev–Trinajstić information content (AvgIpc) is 1.62. The molecule has 0 spiro atoms. The second-order valence-corrected chi connectivity index (χ2v) is 1.63. The van der Waals surface area contributed by atoms with Gasteiger partial charge in [0.2, 0.25) is 0 Å². The molecule has 1 atom stereocenters. The van der Waals surface area contributed by atoms with Crippen molar-refractivity contribution in [3.63, 3.8) is 0 Å². The van der Waals surface area contributed by atoms with Crippen molar-refractivity contribution >= 4 is 5.78 Å². The first-order chi connectivity index (χ1) is 4.19. The zero-order chi connectivity index (χ0) is 8.58. The molecule has 0 aliphatic carbocycles. The van der Waals surface area contributed by atoms with Crippen molar-refractivity contribution in [3.8, 4) is 0 Å². The molecule has 0 aromatic heterocycles. The van der Waals surface area contributed by atoms with Gasteiger partial charge in [-0.05, 0) is 20.7 Å². The van der Waals surface area contributed by atoms with Crippen LogP contribution in [0, 0.1) is 0 Å². The lowest BCUT2D eigenvalue weighted by atomic mass is 10.1. The molecule has 0 aliphatic heterocycles. The molecule has 1 unspecified atom stereocenters. The lowest BCUT2D eigenvalue weighted by molar-refractivity contribution is -0.131. The summed E-state index contributed by atoms with van der Waals surface area (Å²) >= 11 is 0. The topological polar surface area (TPSA) is 37.3 Å². The molecule has 0 radical (unpaired) electrons. The Morgan fingerprint density at radius 1 is 2.00 bits per heavy atom. The number of hydrogen-bond acceptors (Lipinski definition) is 2. The molecule has 0 fully saturated rings. The Morgan fingerprint density at radius 3 is 2.43 bits per heavy atom. The maximum atomic E-state index is 10.5. The Labute approximate surface area is 47.4 Å². The molecule has 0 aliphatic rings. The van der Waals surface area contributed by atoms with Crippen molar-refractivity contribution in [1.82, 2.24) is 0 Å². The third kappa shape index (κ3) is 2.34. The highest BCUT2D eigenvalue weighted by molar-refractivity contribution is 5.83. The molecule has 2 heteroatoms. The van der Waals surface area contributed by atoms with Gasteiger partial charge in [0.15, 0.2) is 5.78 Å². The van der Waals surface area contributed by atoms with E-state index in [1.165, 1.54) is 0 Å². The number of ketones is 1. The van der Waals surface area contributed by atoms with E-state index in [1.54, 1.807) is 0 Å². The van der Waals surface area contributed by atoms with Gasteiger partial charge in [0.05, 0.1) is 0 Å². The van der Waals surface area contributed by atoms with Crippen LogP contribution in [-0.2, 0) is 4.79 Å². The van der Waals surface area contributed by atoms with E-state index < -0.39 is 18.2 Å². The first-order valence-corrected chi connectivity index (χ1v) is 1.93. The van der Waals surface area contributed by atoms with E-state index in [-0.39, 0.29) is 0 Å². The molecule has 7 heavy (non-hydrogen) atoms. The Hall–Kier alpha value is -0.370. The number of carbonyl (C=O) groups excluding carboxylic acids is 1. The van der Waals surface area contributed by atoms with Gasteiger partial charge in [0, 0.05) is 4.11 Å². The molecular weight excluding hydrogens is 92.1 g/mol. The van der Waals surface area contributed by atoms with Crippen molar-refractivity contribution < 1.29 is 14.0 Å². The number of Topliss-reactive ketones (excluding diaryl/α,β-unsaturated/α-hetero) is 1. The Kier molecular flexibility index (Phi) is 0.653. The van der Waals surface area contributed by atoms with Crippen molar-refractivity contribution in [2.75, 3.05) is 0 Å². The van der Waals surface area contributed by atoms with Gasteiger partial charge in [-0.2, -0.15) is 0 Å². The molecule has 1 N–H and O–H groups in total. The van der Waals surface area contributed by atoms with Crippen LogP contribution in [0.4, 0.5) is 0 Å². The Morgan fingerprint density at radius 2 is 2.43 bits per heavy atom. The summed E-state index contributed by atoms with van der Waals surface area (Å²) in [6.45, 7) is -0.590. The van der Waals surface area contributed by atoms with E-state index in [4.69, 9.17) is 9.22 Å².